The van der Waals surface area contributed by atoms with E-state index in [1.165, 1.54) is 180 Å². The largest absolute Gasteiger partial charge is 0.270 e. The molecule has 1 amide bonds. The van der Waals surface area contributed by atoms with Crippen molar-refractivity contribution in [3.8, 4) is 0 Å². The molecule has 1 N–H and O–H groups in total. The van der Waals surface area contributed by atoms with E-state index in [2.05, 4.69) is 33.4 Å². The Balaban J connectivity index is 3.39. The van der Waals surface area contributed by atoms with Crippen LogP contribution >= 0.6 is 0 Å². The van der Waals surface area contributed by atoms with Gasteiger partial charge in [0.05, 0.1) is 14.1 Å². The van der Waals surface area contributed by atoms with Crippen molar-refractivity contribution in [3.05, 3.63) is 0 Å². The first-order valence-electron chi connectivity index (χ1n) is 18.2. The first-order valence-corrected chi connectivity index (χ1v) is 18.2. The molecular formula is C36H75N2O+. The Morgan fingerprint density at radius 3 is 0.974 bits per heavy atom. The molecule has 0 aliphatic carbocycles. The number of unbranched alkanes of at least 4 members (excludes halogenated alkanes) is 27. The van der Waals surface area contributed by atoms with Crippen LogP contribution in [0.5, 0.6) is 0 Å². The predicted octanol–water partition coefficient (Wildman–Crippen LogP) is 11.8. The summed E-state index contributed by atoms with van der Waals surface area (Å²) in [6.45, 7) is 5.63. The Kier molecular flexibility index (Phi) is 29.9. The zero-order chi connectivity index (χ0) is 28.7. The molecule has 0 aliphatic rings. The second kappa shape index (κ2) is 30.4. The molecular weight excluding hydrogens is 476 g/mol. The number of nitrogens with zero attached hydrogens (tertiary/aromatic N) is 1. The highest BCUT2D eigenvalue weighted by molar-refractivity contribution is 5.74. The van der Waals surface area contributed by atoms with Gasteiger partial charge in [-0.3, -0.25) is 4.79 Å². The maximum atomic E-state index is 12.4. The van der Waals surface area contributed by atoms with Crippen LogP contribution in [0.4, 0.5) is 0 Å². The Bertz CT molecular complexity index is 490. The quantitative estimate of drug-likeness (QED) is 0.0502. The van der Waals surface area contributed by atoms with E-state index in [-0.39, 0.29) is 5.91 Å². The maximum absolute atomic E-state index is 12.4. The van der Waals surface area contributed by atoms with Crippen molar-refractivity contribution < 1.29 is 9.39 Å². The summed E-state index contributed by atoms with van der Waals surface area (Å²) in [5.74, 6) is 0.236. The van der Waals surface area contributed by atoms with E-state index in [4.69, 9.17) is 0 Å². The molecule has 0 aromatic heterocycles. The fourth-order valence-electron chi connectivity index (χ4n) is 5.81. The smallest absolute Gasteiger partial charge is 0.264 e. The van der Waals surface area contributed by atoms with Crippen LogP contribution < -0.4 is 5.43 Å². The molecule has 39 heavy (non-hydrogen) atoms. The van der Waals surface area contributed by atoms with Crippen LogP contribution in [-0.4, -0.2) is 31.1 Å². The van der Waals surface area contributed by atoms with Crippen LogP contribution in [0.15, 0.2) is 0 Å². The summed E-state index contributed by atoms with van der Waals surface area (Å²) in [7, 11) is 4.29. The van der Waals surface area contributed by atoms with Crippen molar-refractivity contribution >= 4 is 5.91 Å². The third-order valence-electron chi connectivity index (χ3n) is 8.51. The second-order valence-electron chi connectivity index (χ2n) is 13.2. The number of carbonyl (C=O) groups excluding carboxylic acids is 1. The Labute approximate surface area is 247 Å². The molecule has 0 unspecified atom stereocenters. The van der Waals surface area contributed by atoms with Crippen molar-refractivity contribution in [2.24, 2.45) is 0 Å². The van der Waals surface area contributed by atoms with E-state index in [1.807, 2.05) is 0 Å². The van der Waals surface area contributed by atoms with Crippen molar-refractivity contribution in [2.75, 3.05) is 20.6 Å². The normalized spacial score (nSPS) is 11.8. The van der Waals surface area contributed by atoms with Gasteiger partial charge in [0, 0.05) is 6.42 Å². The molecule has 0 rings (SSSR count). The first-order chi connectivity index (χ1) is 19.0. The summed E-state index contributed by atoms with van der Waals surface area (Å²) < 4.78 is 0.634. The summed E-state index contributed by atoms with van der Waals surface area (Å²) in [5.41, 5.74) is 3.25. The van der Waals surface area contributed by atoms with Gasteiger partial charge in [0.1, 0.15) is 6.54 Å². The van der Waals surface area contributed by atoms with E-state index in [1.54, 1.807) is 0 Å². The van der Waals surface area contributed by atoms with E-state index in [0.29, 0.717) is 11.0 Å². The molecule has 0 atom stereocenters. The lowest BCUT2D eigenvalue weighted by Gasteiger charge is -2.29. The topological polar surface area (TPSA) is 29.1 Å². The molecule has 0 aromatic carbocycles. The average molecular weight is 552 g/mol. The van der Waals surface area contributed by atoms with E-state index < -0.39 is 0 Å². The maximum Gasteiger partial charge on any atom is 0.264 e. The van der Waals surface area contributed by atoms with Crippen LogP contribution in [0.25, 0.3) is 0 Å². The van der Waals surface area contributed by atoms with Crippen LogP contribution in [-0.2, 0) is 4.79 Å². The Morgan fingerprint density at radius 1 is 0.410 bits per heavy atom. The SMILES string of the molecule is CCCCCCCCCCCCCCCCCCCC(=O)N[N+](C)(C)CCCCCCCCCCCCCC. The first kappa shape index (κ1) is 38.4. The summed E-state index contributed by atoms with van der Waals surface area (Å²) in [6, 6.07) is 0. The molecule has 0 radical (unpaired) electrons. The molecule has 234 valence electrons. The molecule has 0 aromatic rings. The Morgan fingerprint density at radius 2 is 0.667 bits per heavy atom. The van der Waals surface area contributed by atoms with Crippen molar-refractivity contribution in [2.45, 2.75) is 206 Å². The third-order valence-corrected chi connectivity index (χ3v) is 8.51. The van der Waals surface area contributed by atoms with Gasteiger partial charge in [-0.05, 0) is 19.3 Å². The minimum atomic E-state index is 0.236. The molecule has 0 heterocycles. The highest BCUT2D eigenvalue weighted by Crippen LogP contribution is 2.15. The van der Waals surface area contributed by atoms with Crippen LogP contribution in [0.3, 0.4) is 0 Å². The average Bonchev–Trinajstić information content (AvgIpc) is 2.90. The number of hydrogen-bond donors (Lipinski definition) is 1. The van der Waals surface area contributed by atoms with Gasteiger partial charge in [0.2, 0.25) is 0 Å². The molecule has 3 nitrogen and oxygen atoms in total. The van der Waals surface area contributed by atoms with Gasteiger partial charge in [0.25, 0.3) is 5.91 Å². The summed E-state index contributed by atoms with van der Waals surface area (Å²) in [5, 5.41) is 0. The van der Waals surface area contributed by atoms with Gasteiger partial charge in [-0.25, -0.2) is 10.0 Å². The van der Waals surface area contributed by atoms with Crippen LogP contribution in [0, 0.1) is 0 Å². The minimum Gasteiger partial charge on any atom is -0.270 e. The number of hydrogen-bond acceptors (Lipinski definition) is 1. The Hall–Kier alpha value is -0.570. The molecule has 0 spiro atoms. The number of quaternary nitrogens is 1. The zero-order valence-electron chi connectivity index (χ0n) is 27.8. The highest BCUT2D eigenvalue weighted by atomic mass is 16.2. The van der Waals surface area contributed by atoms with Crippen LogP contribution in [0.1, 0.15) is 206 Å². The lowest BCUT2D eigenvalue weighted by Crippen LogP contribution is -2.54. The summed E-state index contributed by atoms with van der Waals surface area (Å²) >= 11 is 0. The molecule has 0 saturated carbocycles. The highest BCUT2D eigenvalue weighted by Gasteiger charge is 2.17. The number of nitrogens with one attached hydrogen (secondary N) is 1. The lowest BCUT2D eigenvalue weighted by atomic mass is 10.0. The van der Waals surface area contributed by atoms with Gasteiger partial charge in [0.15, 0.2) is 0 Å². The minimum absolute atomic E-state index is 0.236. The predicted molar refractivity (Wildman–Crippen MR) is 175 cm³/mol. The van der Waals surface area contributed by atoms with Gasteiger partial charge in [-0.15, -0.1) is 0 Å². The lowest BCUT2D eigenvalue weighted by molar-refractivity contribution is -0.925. The summed E-state index contributed by atoms with van der Waals surface area (Å²) in [6.07, 6.45) is 40.7. The molecule has 0 bridgehead atoms. The van der Waals surface area contributed by atoms with Gasteiger partial charge in [-0.2, -0.15) is 0 Å². The fraction of sp³-hybridized carbons (Fsp3) is 0.972. The molecule has 0 saturated heterocycles. The van der Waals surface area contributed by atoms with Crippen molar-refractivity contribution in [1.29, 1.82) is 0 Å². The number of rotatable bonds is 32. The van der Waals surface area contributed by atoms with Gasteiger partial charge < -0.3 is 0 Å². The monoisotopic (exact) mass is 552 g/mol. The molecule has 3 heteroatoms. The van der Waals surface area contributed by atoms with Gasteiger partial charge >= 0.3 is 0 Å². The van der Waals surface area contributed by atoms with Crippen LogP contribution in [0.2, 0.25) is 0 Å². The number of amides is 1. The van der Waals surface area contributed by atoms with Crippen molar-refractivity contribution in [1.82, 2.24) is 5.43 Å². The van der Waals surface area contributed by atoms with Gasteiger partial charge in [-0.1, -0.05) is 181 Å². The number of carbonyl (C=O) groups is 1. The zero-order valence-corrected chi connectivity index (χ0v) is 27.8. The van der Waals surface area contributed by atoms with E-state index in [0.717, 1.165) is 13.0 Å². The molecule has 0 fully saturated rings. The molecule has 0 aliphatic heterocycles. The standard InChI is InChI=1S/C36H74N2O/c1-5-7-9-11-13-15-17-19-20-21-22-23-24-26-28-30-32-34-36(39)37-38(3,4)35-33-31-29-27-25-18-16-14-12-10-8-6-2/h5-35H2,1-4H3/p+1. The van der Waals surface area contributed by atoms with E-state index >= 15 is 0 Å². The third kappa shape index (κ3) is 31.8. The van der Waals surface area contributed by atoms with Crippen molar-refractivity contribution in [3.63, 3.8) is 0 Å². The second-order valence-corrected chi connectivity index (χ2v) is 13.2. The summed E-state index contributed by atoms with van der Waals surface area (Å²) in [4.78, 5) is 12.4. The van der Waals surface area contributed by atoms with E-state index in [9.17, 15) is 4.79 Å². The fourth-order valence-corrected chi connectivity index (χ4v) is 5.81.